The molecule has 2 rings (SSSR count). The van der Waals surface area contributed by atoms with Gasteiger partial charge in [0.05, 0.1) is 29.8 Å². The number of ether oxygens (including phenoxy) is 2. The second-order valence-electron chi connectivity index (χ2n) is 5.01. The minimum Gasteiger partial charge on any atom is -0.494 e. The maximum Gasteiger partial charge on any atom is 1.00 e. The molecule has 116 valence electrons. The van der Waals surface area contributed by atoms with E-state index in [1.54, 1.807) is 0 Å². The van der Waals surface area contributed by atoms with Crippen LogP contribution in [0.5, 0.6) is 11.5 Å². The maximum absolute atomic E-state index is 12.7. The van der Waals surface area contributed by atoms with E-state index in [1.165, 1.54) is 39.5 Å². The number of methoxy groups -OCH3 is 2. The van der Waals surface area contributed by atoms with Crippen LogP contribution >= 0.6 is 31.8 Å². The summed E-state index contributed by atoms with van der Waals surface area (Å²) in [4.78, 5) is 12.7. The zero-order valence-corrected chi connectivity index (χ0v) is 15.5. The smallest absolute Gasteiger partial charge is 0.494 e. The molecule has 3 nitrogen and oxygen atoms in total. The van der Waals surface area contributed by atoms with Crippen molar-refractivity contribution in [3.63, 3.8) is 0 Å². The van der Waals surface area contributed by atoms with Gasteiger partial charge < -0.3 is 22.8 Å². The molecule has 0 aromatic heterocycles. The molecule has 1 saturated carbocycles. The molecule has 1 aromatic rings. The Morgan fingerprint density at radius 2 is 1.59 bits per heavy atom. The topological polar surface area (TPSA) is 35.5 Å². The van der Waals surface area contributed by atoms with Gasteiger partial charge in [-0.1, -0.05) is 55.3 Å². The van der Waals surface area contributed by atoms with E-state index in [0.717, 1.165) is 21.4 Å². The third kappa shape index (κ3) is 4.56. The van der Waals surface area contributed by atoms with Crippen LogP contribution in [-0.4, -0.2) is 25.4 Å². The van der Waals surface area contributed by atoms with E-state index < -0.39 is 0 Å². The van der Waals surface area contributed by atoms with Crippen molar-refractivity contribution in [3.8, 4) is 11.5 Å². The van der Waals surface area contributed by atoms with E-state index in [0.29, 0.717) is 32.8 Å². The van der Waals surface area contributed by atoms with Gasteiger partial charge in [-0.05, 0) is 6.07 Å². The van der Waals surface area contributed by atoms with Gasteiger partial charge >= 0.3 is 18.9 Å². The average molecular weight is 355 g/mol. The molecule has 22 heavy (non-hydrogen) atoms. The molecule has 7 heteroatoms. The second kappa shape index (κ2) is 9.41. The van der Waals surface area contributed by atoms with Crippen molar-refractivity contribution in [2.24, 2.45) is 0 Å². The van der Waals surface area contributed by atoms with E-state index in [4.69, 9.17) is 32.7 Å². The molecular formula is C15H18Cl2LiO3P. The SMILES string of the molecule is COc1c(Cl)cc(Cl)c(OC)c1C(=O)[P-]C1CCCCC1.[Li+]. The third-order valence-corrected chi connectivity index (χ3v) is 5.54. The van der Waals surface area contributed by atoms with Gasteiger partial charge in [0.25, 0.3) is 0 Å². The summed E-state index contributed by atoms with van der Waals surface area (Å²) in [6.45, 7) is 0. The van der Waals surface area contributed by atoms with Crippen LogP contribution in [0.3, 0.4) is 0 Å². The fourth-order valence-electron chi connectivity index (χ4n) is 2.62. The molecule has 1 aliphatic rings. The molecule has 0 atom stereocenters. The number of hydrogen-bond acceptors (Lipinski definition) is 3. The van der Waals surface area contributed by atoms with Crippen LogP contribution in [0.15, 0.2) is 6.07 Å². The third-order valence-electron chi connectivity index (χ3n) is 3.64. The zero-order chi connectivity index (χ0) is 15.4. The first-order chi connectivity index (χ1) is 10.1. The molecule has 0 saturated heterocycles. The van der Waals surface area contributed by atoms with Crippen molar-refractivity contribution >= 4 is 37.3 Å². The van der Waals surface area contributed by atoms with Crippen molar-refractivity contribution in [2.75, 3.05) is 14.2 Å². The van der Waals surface area contributed by atoms with Crippen LogP contribution in [0.2, 0.25) is 10.0 Å². The van der Waals surface area contributed by atoms with Crippen LogP contribution in [0.1, 0.15) is 42.5 Å². The fourth-order valence-corrected chi connectivity index (χ4v) is 4.52. The van der Waals surface area contributed by atoms with Crippen LogP contribution in [0, 0.1) is 0 Å². The van der Waals surface area contributed by atoms with E-state index in [1.807, 2.05) is 0 Å². The predicted molar refractivity (Wildman–Crippen MR) is 87.7 cm³/mol. The van der Waals surface area contributed by atoms with Gasteiger partial charge in [0.2, 0.25) is 0 Å². The maximum atomic E-state index is 12.7. The number of benzene rings is 1. The Bertz CT molecular complexity index is 506. The summed E-state index contributed by atoms with van der Waals surface area (Å²) in [5, 5.41) is 0.649. The summed E-state index contributed by atoms with van der Waals surface area (Å²) >= 11 is 12.3. The van der Waals surface area contributed by atoms with Crippen LogP contribution in [0.25, 0.3) is 0 Å². The summed E-state index contributed by atoms with van der Waals surface area (Å²) in [5.41, 5.74) is 0.711. The minimum atomic E-state index is -0.0417. The summed E-state index contributed by atoms with van der Waals surface area (Å²) in [6.07, 6.45) is 5.82. The monoisotopic (exact) mass is 354 g/mol. The van der Waals surface area contributed by atoms with Crippen LogP contribution < -0.4 is 28.3 Å². The van der Waals surface area contributed by atoms with E-state index in [9.17, 15) is 4.79 Å². The Morgan fingerprint density at radius 1 is 1.09 bits per heavy atom. The first kappa shape index (κ1) is 20.1. The summed E-state index contributed by atoms with van der Waals surface area (Å²) < 4.78 is 10.6. The van der Waals surface area contributed by atoms with Crippen LogP contribution in [-0.2, 0) is 0 Å². The Kier molecular flexibility index (Phi) is 8.61. The Balaban J connectivity index is 0.00000242. The second-order valence-corrected chi connectivity index (χ2v) is 7.22. The summed E-state index contributed by atoms with van der Waals surface area (Å²) in [5.74, 6) is 0.678. The fraction of sp³-hybridized carbons (Fsp3) is 0.533. The Labute approximate surface area is 155 Å². The van der Waals surface area contributed by atoms with E-state index in [2.05, 4.69) is 0 Å². The Morgan fingerprint density at radius 3 is 2.05 bits per heavy atom. The normalized spacial score (nSPS) is 15.6. The molecule has 0 heterocycles. The van der Waals surface area contributed by atoms with Gasteiger partial charge in [0, 0.05) is 5.52 Å². The number of carbonyl (C=O) groups is 1. The van der Waals surface area contributed by atoms with Gasteiger partial charge in [0.1, 0.15) is 11.5 Å². The minimum absolute atomic E-state index is 0. The van der Waals surface area contributed by atoms with Gasteiger partial charge in [-0.3, -0.25) is 0 Å². The summed E-state index contributed by atoms with van der Waals surface area (Å²) in [6, 6.07) is 1.54. The van der Waals surface area contributed by atoms with Gasteiger partial charge in [0.15, 0.2) is 0 Å². The predicted octanol–water partition coefficient (Wildman–Crippen LogP) is 2.43. The van der Waals surface area contributed by atoms with E-state index in [-0.39, 0.29) is 24.4 Å². The van der Waals surface area contributed by atoms with Crippen molar-refractivity contribution in [1.82, 2.24) is 0 Å². The Hall–Kier alpha value is 0.0974. The number of carbonyl (C=O) groups excluding carboxylic acids is 1. The standard InChI is InChI=1S/C15H18Cl2O3P.Li/c1-19-13-10(16)8-11(17)14(20-2)12(13)15(18)21-9-6-4-3-5-7-9;/h8-9H,3-7H2,1-2H3;/q-1;+1. The molecule has 1 fully saturated rings. The molecule has 0 radical (unpaired) electrons. The number of rotatable bonds is 5. The van der Waals surface area contributed by atoms with Gasteiger partial charge in [-0.15, -0.1) is 0 Å². The summed E-state index contributed by atoms with van der Waals surface area (Å²) in [7, 11) is 3.75. The molecule has 1 aromatic carbocycles. The van der Waals surface area contributed by atoms with E-state index >= 15 is 0 Å². The van der Waals surface area contributed by atoms with Crippen LogP contribution in [0.4, 0.5) is 0 Å². The number of halogens is 2. The average Bonchev–Trinajstić information content (AvgIpc) is 2.47. The first-order valence-corrected chi connectivity index (χ1v) is 8.65. The quantitative estimate of drug-likeness (QED) is 0.601. The van der Waals surface area contributed by atoms with Crippen molar-refractivity contribution in [1.29, 1.82) is 0 Å². The van der Waals surface area contributed by atoms with Gasteiger partial charge in [-0.25, -0.2) is 0 Å². The first-order valence-electron chi connectivity index (χ1n) is 6.93. The van der Waals surface area contributed by atoms with Crippen molar-refractivity contribution < 1.29 is 33.1 Å². The largest absolute Gasteiger partial charge is 1.00 e. The molecule has 0 N–H and O–H groups in total. The molecule has 0 unspecified atom stereocenters. The van der Waals surface area contributed by atoms with Gasteiger partial charge in [-0.2, -0.15) is 5.66 Å². The molecule has 0 bridgehead atoms. The molecule has 0 spiro atoms. The van der Waals surface area contributed by atoms with Crippen molar-refractivity contribution in [3.05, 3.63) is 21.7 Å². The molecular weight excluding hydrogens is 337 g/mol. The zero-order valence-electron chi connectivity index (χ0n) is 13.1. The molecule has 0 amide bonds. The number of hydrogen-bond donors (Lipinski definition) is 0. The molecule has 0 aliphatic heterocycles. The van der Waals surface area contributed by atoms with Crippen molar-refractivity contribution in [2.45, 2.75) is 37.8 Å². The molecule has 1 aliphatic carbocycles.